The third-order valence-electron chi connectivity index (χ3n) is 17.2. The minimum absolute atomic E-state index is 0.0301. The van der Waals surface area contributed by atoms with Gasteiger partial charge < -0.3 is 52.4 Å². The Bertz CT molecular complexity index is 2590. The maximum Gasteiger partial charge on any atom is 0.350 e. The van der Waals surface area contributed by atoms with Gasteiger partial charge in [-0.05, 0) is 135 Å². The van der Waals surface area contributed by atoms with Crippen LogP contribution >= 0.6 is 0 Å². The van der Waals surface area contributed by atoms with Crippen LogP contribution in [0.2, 0.25) is 0 Å². The lowest BCUT2D eigenvalue weighted by Crippen LogP contribution is -2.53. The molecule has 6 bridgehead atoms. The first kappa shape index (κ1) is 49.1. The fraction of sp³-hybridized carbons (Fsp3) is 0.544. The molecule has 0 aromatic heterocycles. The Balaban J connectivity index is 1.04. The van der Waals surface area contributed by atoms with Gasteiger partial charge in [0.05, 0.1) is 25.0 Å². The lowest BCUT2D eigenvalue weighted by molar-refractivity contribution is -0.150. The Labute approximate surface area is 419 Å². The second-order valence-corrected chi connectivity index (χ2v) is 21.9. The highest BCUT2D eigenvalue weighted by Crippen LogP contribution is 2.60. The number of aliphatic imine (C=N–C) groups is 1. The van der Waals surface area contributed by atoms with Crippen molar-refractivity contribution in [2.75, 3.05) is 47.0 Å². The molecule has 6 heterocycles. The van der Waals surface area contributed by atoms with Gasteiger partial charge in [0.1, 0.15) is 5.82 Å². The van der Waals surface area contributed by atoms with Crippen LogP contribution in [0.3, 0.4) is 0 Å². The molecule has 1 aromatic carbocycles. The van der Waals surface area contributed by atoms with Crippen molar-refractivity contribution in [2.45, 2.75) is 114 Å². The number of carbonyl (C=O) groups is 3. The van der Waals surface area contributed by atoms with Crippen LogP contribution in [-0.2, 0) is 20.7 Å². The molecule has 2 saturated heterocycles. The van der Waals surface area contributed by atoms with Gasteiger partial charge in [0, 0.05) is 55.8 Å². The summed E-state index contributed by atoms with van der Waals surface area (Å²) in [7, 11) is 3.68. The number of Topliss-reactive ketones (excluding diaryl/α,β-unsaturated/α-hetero) is 2. The highest BCUT2D eigenvalue weighted by Gasteiger charge is 2.85. The van der Waals surface area contributed by atoms with Crippen LogP contribution in [0.1, 0.15) is 105 Å². The molecular formula is C57H75N9O5. The molecule has 378 valence electrons. The largest absolute Gasteiger partial charge is 0.463 e. The van der Waals surface area contributed by atoms with Crippen molar-refractivity contribution in [3.63, 3.8) is 0 Å². The number of benzene rings is 1. The van der Waals surface area contributed by atoms with E-state index >= 15 is 14.4 Å². The Kier molecular flexibility index (Phi) is 13.7. The van der Waals surface area contributed by atoms with E-state index in [-0.39, 0.29) is 53.8 Å². The van der Waals surface area contributed by atoms with Crippen molar-refractivity contribution in [3.8, 4) is 0 Å². The number of carbonyl (C=O) groups excluding carboxylic acids is 3. The zero-order chi connectivity index (χ0) is 49.5. The minimum atomic E-state index is -2.13. The number of rotatable bonds is 12. The molecule has 4 aliphatic carbocycles. The predicted octanol–water partition coefficient (Wildman–Crippen LogP) is 5.66. The maximum atomic E-state index is 15.7. The molecular weight excluding hydrogens is 891 g/mol. The van der Waals surface area contributed by atoms with Crippen LogP contribution in [0.25, 0.3) is 0 Å². The third kappa shape index (κ3) is 8.97. The first-order valence-electron chi connectivity index (χ1n) is 26.3. The van der Waals surface area contributed by atoms with Gasteiger partial charge >= 0.3 is 5.97 Å². The van der Waals surface area contributed by atoms with Crippen LogP contribution in [-0.4, -0.2) is 99.4 Å². The van der Waals surface area contributed by atoms with E-state index in [2.05, 4.69) is 112 Å². The summed E-state index contributed by atoms with van der Waals surface area (Å²) in [5.74, 6) is 1.22. The van der Waals surface area contributed by atoms with Crippen molar-refractivity contribution in [2.24, 2.45) is 45.7 Å². The van der Waals surface area contributed by atoms with E-state index in [1.165, 1.54) is 5.57 Å². The predicted molar refractivity (Wildman–Crippen MR) is 278 cm³/mol. The molecule has 11 rings (SSSR count). The van der Waals surface area contributed by atoms with E-state index in [1.807, 2.05) is 37.5 Å². The lowest BCUT2D eigenvalue weighted by Gasteiger charge is -2.49. The summed E-state index contributed by atoms with van der Waals surface area (Å²) >= 11 is 0. The Hall–Kier alpha value is -5.54. The number of fused-ring (bicyclic) bond motifs is 6. The molecule has 2 fully saturated rings. The smallest absolute Gasteiger partial charge is 0.350 e. The molecule has 14 nitrogen and oxygen atoms in total. The van der Waals surface area contributed by atoms with Crippen LogP contribution < -0.4 is 43.0 Å². The van der Waals surface area contributed by atoms with Gasteiger partial charge in [0.15, 0.2) is 17.3 Å². The zero-order valence-corrected chi connectivity index (χ0v) is 42.3. The number of dihydropyridines is 2. The van der Waals surface area contributed by atoms with Crippen LogP contribution in [0.5, 0.6) is 0 Å². The summed E-state index contributed by atoms with van der Waals surface area (Å²) < 4.78 is 13.2. The van der Waals surface area contributed by atoms with Crippen molar-refractivity contribution < 1.29 is 23.9 Å². The van der Waals surface area contributed by atoms with Crippen molar-refractivity contribution in [1.29, 1.82) is 0 Å². The molecule has 71 heavy (non-hydrogen) atoms. The van der Waals surface area contributed by atoms with E-state index < -0.39 is 28.5 Å². The number of esters is 1. The fourth-order valence-electron chi connectivity index (χ4n) is 13.7. The second-order valence-electron chi connectivity index (χ2n) is 21.9. The molecule has 0 radical (unpaired) electrons. The van der Waals surface area contributed by atoms with Gasteiger partial charge in [0.2, 0.25) is 5.78 Å². The summed E-state index contributed by atoms with van der Waals surface area (Å²) in [5, 5.41) is 24.2. The van der Waals surface area contributed by atoms with Gasteiger partial charge in [-0.15, -0.1) is 0 Å². The SMILES string of the molecule is CCNC1C=C2C=CCC3C4C=CC(C1COC(=O)C15OC1(CC=C(C)CC1(C6=CCNC(NCNC)=C6)CCCNC(=NC)N1)C(=O)c1cccc(c1C5=O)CC(C)(CC1=CNC(N)C=C1)CCC4)C23. The molecule has 6 aliphatic heterocycles. The van der Waals surface area contributed by atoms with E-state index in [4.69, 9.17) is 15.2 Å². The number of hydrogen-bond acceptors (Lipinski definition) is 12. The van der Waals surface area contributed by atoms with Crippen LogP contribution in [0.4, 0.5) is 0 Å². The summed E-state index contributed by atoms with van der Waals surface area (Å²) in [6.07, 6.45) is 31.6. The lowest BCUT2D eigenvalue weighted by atomic mass is 9.57. The molecule has 14 heteroatoms. The molecule has 10 aliphatic rings. The average Bonchev–Trinajstić information content (AvgIpc) is 4.12. The molecule has 0 saturated carbocycles. The standard InChI is InChI=1S/C57H75N9O5/c1-6-61-45-27-38-11-7-14-41-37-13-9-22-54(3,30-36-16-19-46(58)64-32-36)31-39-12-8-15-43-49(39)51(68)57(52(69)70-33-44(45)42(18-17-37)48(38)41)56(71-57,50(43)67)24-20-35(2)29-55(23-10-25-63-53(60-5)66-55)40-21-26-62-47(28-40)65-34-59-4/h7-8,11-12,15-21,27-28,32,37,41-42,44-46,48,59,61-62,64-65H,6,9-10,13-14,22-26,29-31,33-34,58H2,1-5H3,(H2,60,63,66). The second kappa shape index (κ2) is 19.8. The van der Waals surface area contributed by atoms with E-state index in [0.717, 1.165) is 86.1 Å². The Morgan fingerprint density at radius 3 is 2.73 bits per heavy atom. The molecule has 9 N–H and O–H groups in total. The van der Waals surface area contributed by atoms with Gasteiger partial charge in [-0.2, -0.15) is 0 Å². The maximum absolute atomic E-state index is 15.7. The van der Waals surface area contributed by atoms with Crippen molar-refractivity contribution in [3.05, 3.63) is 130 Å². The van der Waals surface area contributed by atoms with E-state index in [0.29, 0.717) is 55.3 Å². The number of ketones is 2. The summed E-state index contributed by atoms with van der Waals surface area (Å²) in [5.41, 5.74) is 7.38. The molecule has 1 aromatic rings. The van der Waals surface area contributed by atoms with Gasteiger partial charge in [0.25, 0.3) is 5.60 Å². The number of nitrogens with two attached hydrogens (primary N) is 1. The highest BCUT2D eigenvalue weighted by atomic mass is 16.7. The van der Waals surface area contributed by atoms with Gasteiger partial charge in [-0.3, -0.25) is 14.6 Å². The summed E-state index contributed by atoms with van der Waals surface area (Å²) in [6, 6.07) is 5.55. The number of likely N-dealkylation sites (N-methyl/N-ethyl adjacent to an activating group) is 1. The van der Waals surface area contributed by atoms with E-state index in [9.17, 15) is 0 Å². The Morgan fingerprint density at radius 2 is 1.93 bits per heavy atom. The zero-order valence-electron chi connectivity index (χ0n) is 42.3. The van der Waals surface area contributed by atoms with Crippen molar-refractivity contribution in [1.82, 2.24) is 37.2 Å². The number of epoxide rings is 1. The van der Waals surface area contributed by atoms with Gasteiger partial charge in [-0.1, -0.05) is 92.6 Å². The number of nitrogens with one attached hydrogen (secondary N) is 7. The molecule has 1 spiro atoms. The molecule has 0 amide bonds. The normalized spacial score (nSPS) is 36.8. The van der Waals surface area contributed by atoms with Crippen LogP contribution in [0.15, 0.2) is 118 Å². The number of guanidine groups is 1. The number of allylic oxidation sites excluding steroid dienone is 7. The van der Waals surface area contributed by atoms with E-state index in [1.54, 1.807) is 13.1 Å². The summed E-state index contributed by atoms with van der Waals surface area (Å²) in [4.78, 5) is 51.1. The monoisotopic (exact) mass is 966 g/mol. The van der Waals surface area contributed by atoms with Crippen molar-refractivity contribution >= 4 is 23.5 Å². The third-order valence-corrected chi connectivity index (χ3v) is 17.2. The highest BCUT2D eigenvalue weighted by molar-refractivity contribution is 6.33. The first-order valence-corrected chi connectivity index (χ1v) is 26.3. The topological polar surface area (TPSA) is 196 Å². The quantitative estimate of drug-likeness (QED) is 0.0421. The summed E-state index contributed by atoms with van der Waals surface area (Å²) in [6.45, 7) is 9.32. The fourth-order valence-corrected chi connectivity index (χ4v) is 13.7. The number of ether oxygens (including phenoxy) is 2. The minimum Gasteiger partial charge on any atom is -0.463 e. The first-order chi connectivity index (χ1) is 34.4. The van der Waals surface area contributed by atoms with Crippen LogP contribution in [0, 0.1) is 35.0 Å². The average molecular weight is 966 g/mol. The molecule has 11 atom stereocenters. The Morgan fingerprint density at radius 1 is 1.06 bits per heavy atom. The molecule has 11 unspecified atom stereocenters. The van der Waals surface area contributed by atoms with Gasteiger partial charge in [-0.25, -0.2) is 4.79 Å². The number of hydrogen-bond donors (Lipinski definition) is 8. The number of nitrogens with zero attached hydrogens (tertiary/aromatic N) is 1.